The Morgan fingerprint density at radius 2 is 2.12 bits per heavy atom. The molecule has 3 rings (SSSR count). The highest BCUT2D eigenvalue weighted by Crippen LogP contribution is 2.14. The van der Waals surface area contributed by atoms with Crippen molar-refractivity contribution in [2.24, 2.45) is 0 Å². The molecule has 24 heavy (non-hydrogen) atoms. The predicted molar refractivity (Wildman–Crippen MR) is 81.6 cm³/mol. The first-order chi connectivity index (χ1) is 11.5. The molecule has 1 saturated heterocycles. The summed E-state index contributed by atoms with van der Waals surface area (Å²) in [5.74, 6) is -0.694. The average Bonchev–Trinajstić information content (AvgIpc) is 3.12. The van der Waals surface area contributed by atoms with Crippen LogP contribution in [0, 0.1) is 12.7 Å². The number of carbonyl (C=O) groups is 2. The second kappa shape index (κ2) is 6.77. The second-order valence-electron chi connectivity index (χ2n) is 5.79. The minimum Gasteiger partial charge on any atom is -0.345 e. The van der Waals surface area contributed by atoms with Crippen molar-refractivity contribution in [1.29, 1.82) is 0 Å². The number of nitrogens with one attached hydrogen (secondary N) is 1. The van der Waals surface area contributed by atoms with Crippen LogP contribution >= 0.6 is 0 Å². The number of carbonyl (C=O) groups excluding carboxylic acids is 2. The van der Waals surface area contributed by atoms with Gasteiger partial charge in [-0.05, 0) is 36.2 Å². The van der Waals surface area contributed by atoms with Crippen molar-refractivity contribution < 1.29 is 18.6 Å². The summed E-state index contributed by atoms with van der Waals surface area (Å²) < 4.78 is 17.4. The van der Waals surface area contributed by atoms with Crippen molar-refractivity contribution >= 4 is 11.8 Å². The monoisotopic (exact) mass is 332 g/mol. The summed E-state index contributed by atoms with van der Waals surface area (Å²) in [6, 6.07) is 5.94. The Morgan fingerprint density at radius 1 is 1.38 bits per heavy atom. The van der Waals surface area contributed by atoms with Crippen LogP contribution in [0.1, 0.15) is 28.2 Å². The van der Waals surface area contributed by atoms with Crippen LogP contribution in [0.3, 0.4) is 0 Å². The largest absolute Gasteiger partial charge is 0.345 e. The van der Waals surface area contributed by atoms with Crippen LogP contribution in [0.15, 0.2) is 28.9 Å². The van der Waals surface area contributed by atoms with Crippen molar-refractivity contribution in [2.75, 3.05) is 13.1 Å². The first kappa shape index (κ1) is 16.1. The van der Waals surface area contributed by atoms with Crippen molar-refractivity contribution in [3.8, 4) is 0 Å². The molecule has 1 aromatic heterocycles. The summed E-state index contributed by atoms with van der Waals surface area (Å²) in [7, 11) is 0. The van der Waals surface area contributed by atoms with Crippen molar-refractivity contribution in [3.63, 3.8) is 0 Å². The molecule has 1 aliphatic rings. The Morgan fingerprint density at radius 3 is 2.79 bits per heavy atom. The molecule has 0 bridgehead atoms. The number of hydrogen-bond acceptors (Lipinski definition) is 5. The standard InChI is InChI=1S/C16H17FN4O3/c1-10-15(20-24-19-10)16(23)18-13-8-14(22)21(9-13)7-6-11-2-4-12(17)5-3-11/h2-5,13H,6-9H2,1H3,(H,18,23)/t13-/m0/s1. The lowest BCUT2D eigenvalue weighted by molar-refractivity contribution is -0.127. The van der Waals surface area contributed by atoms with E-state index in [2.05, 4.69) is 20.3 Å². The van der Waals surface area contributed by atoms with Gasteiger partial charge in [0.05, 0.1) is 6.04 Å². The van der Waals surface area contributed by atoms with Crippen molar-refractivity contribution in [1.82, 2.24) is 20.5 Å². The number of likely N-dealkylation sites (tertiary alicyclic amines) is 1. The first-order valence-corrected chi connectivity index (χ1v) is 7.65. The van der Waals surface area contributed by atoms with E-state index in [4.69, 9.17) is 0 Å². The molecule has 0 radical (unpaired) electrons. The molecule has 1 atom stereocenters. The van der Waals surface area contributed by atoms with Crippen LogP contribution in [0.2, 0.25) is 0 Å². The Bertz CT molecular complexity index is 744. The van der Waals surface area contributed by atoms with E-state index in [9.17, 15) is 14.0 Å². The smallest absolute Gasteiger partial charge is 0.275 e. The molecule has 126 valence electrons. The molecule has 8 heteroatoms. The van der Waals surface area contributed by atoms with Gasteiger partial charge in [0, 0.05) is 19.5 Å². The van der Waals surface area contributed by atoms with Gasteiger partial charge in [0.2, 0.25) is 5.91 Å². The van der Waals surface area contributed by atoms with Crippen LogP contribution in [0.4, 0.5) is 4.39 Å². The maximum absolute atomic E-state index is 12.9. The molecule has 2 heterocycles. The summed E-state index contributed by atoms with van der Waals surface area (Å²) in [6.45, 7) is 2.59. The quantitative estimate of drug-likeness (QED) is 0.885. The third-order valence-corrected chi connectivity index (χ3v) is 4.00. The van der Waals surface area contributed by atoms with E-state index in [1.54, 1.807) is 24.0 Å². The molecule has 7 nitrogen and oxygen atoms in total. The van der Waals surface area contributed by atoms with Gasteiger partial charge in [0.25, 0.3) is 5.91 Å². The maximum atomic E-state index is 12.9. The minimum absolute atomic E-state index is 0.0163. The number of aryl methyl sites for hydroxylation is 1. The van der Waals surface area contributed by atoms with Gasteiger partial charge in [-0.3, -0.25) is 9.59 Å². The van der Waals surface area contributed by atoms with Crippen LogP contribution in [-0.2, 0) is 11.2 Å². The zero-order valence-corrected chi connectivity index (χ0v) is 13.2. The highest BCUT2D eigenvalue weighted by molar-refractivity contribution is 5.94. The molecular weight excluding hydrogens is 315 g/mol. The van der Waals surface area contributed by atoms with Crippen molar-refractivity contribution in [3.05, 3.63) is 47.0 Å². The topological polar surface area (TPSA) is 88.3 Å². The fourth-order valence-corrected chi connectivity index (χ4v) is 2.69. The van der Waals surface area contributed by atoms with Gasteiger partial charge in [-0.2, -0.15) is 0 Å². The van der Waals surface area contributed by atoms with Gasteiger partial charge in [0.15, 0.2) is 5.69 Å². The van der Waals surface area contributed by atoms with Gasteiger partial charge in [-0.25, -0.2) is 9.02 Å². The van der Waals surface area contributed by atoms with Crippen LogP contribution in [0.5, 0.6) is 0 Å². The third kappa shape index (κ3) is 3.58. The van der Waals surface area contributed by atoms with Gasteiger partial charge >= 0.3 is 0 Å². The first-order valence-electron chi connectivity index (χ1n) is 7.65. The Labute approximate surface area is 137 Å². The number of nitrogens with zero attached hydrogens (tertiary/aromatic N) is 3. The normalized spacial score (nSPS) is 17.3. The zero-order chi connectivity index (χ0) is 17.1. The van der Waals surface area contributed by atoms with E-state index in [0.29, 0.717) is 25.2 Å². The van der Waals surface area contributed by atoms with Gasteiger partial charge in [-0.1, -0.05) is 17.3 Å². The Kier molecular flexibility index (Phi) is 4.54. The summed E-state index contributed by atoms with van der Waals surface area (Å²) in [5.41, 5.74) is 1.50. The van der Waals surface area contributed by atoms with Crippen LogP contribution in [-0.4, -0.2) is 46.2 Å². The SMILES string of the molecule is Cc1nonc1C(=O)N[C@H]1CC(=O)N(CCc2ccc(F)cc2)C1. The molecular formula is C16H17FN4O3. The fraction of sp³-hybridized carbons (Fsp3) is 0.375. The van der Waals surface area contributed by atoms with Crippen LogP contribution < -0.4 is 5.32 Å². The average molecular weight is 332 g/mol. The van der Waals surface area contributed by atoms with Gasteiger partial charge in [0.1, 0.15) is 11.5 Å². The second-order valence-corrected chi connectivity index (χ2v) is 5.79. The van der Waals surface area contributed by atoms with E-state index in [-0.39, 0.29) is 29.9 Å². The maximum Gasteiger partial charge on any atom is 0.275 e. The number of hydrogen-bond donors (Lipinski definition) is 1. The molecule has 0 unspecified atom stereocenters. The number of aromatic nitrogens is 2. The number of benzene rings is 1. The number of rotatable bonds is 5. The fourth-order valence-electron chi connectivity index (χ4n) is 2.69. The molecule has 1 N–H and O–H groups in total. The summed E-state index contributed by atoms with van der Waals surface area (Å²) in [4.78, 5) is 25.8. The van der Waals surface area contributed by atoms with Crippen molar-refractivity contribution in [2.45, 2.75) is 25.8 Å². The lowest BCUT2D eigenvalue weighted by atomic mass is 10.1. The molecule has 2 amide bonds. The summed E-state index contributed by atoms with van der Waals surface area (Å²) in [6.07, 6.45) is 0.887. The van der Waals surface area contributed by atoms with E-state index >= 15 is 0 Å². The molecule has 1 aromatic carbocycles. The highest BCUT2D eigenvalue weighted by atomic mass is 19.1. The summed E-state index contributed by atoms with van der Waals surface area (Å²) in [5, 5.41) is 9.89. The number of halogens is 1. The van der Waals surface area contributed by atoms with Gasteiger partial charge in [-0.15, -0.1) is 0 Å². The lowest BCUT2D eigenvalue weighted by Crippen LogP contribution is -2.38. The minimum atomic E-state index is -0.396. The molecule has 0 spiro atoms. The molecule has 2 aromatic rings. The van der Waals surface area contributed by atoms with E-state index in [1.165, 1.54) is 12.1 Å². The highest BCUT2D eigenvalue weighted by Gasteiger charge is 2.31. The Balaban J connectivity index is 1.53. The summed E-state index contributed by atoms with van der Waals surface area (Å²) >= 11 is 0. The van der Waals surface area contributed by atoms with E-state index < -0.39 is 5.91 Å². The number of amides is 2. The zero-order valence-electron chi connectivity index (χ0n) is 13.2. The lowest BCUT2D eigenvalue weighted by Gasteiger charge is -2.17. The van der Waals surface area contributed by atoms with E-state index in [1.807, 2.05) is 0 Å². The van der Waals surface area contributed by atoms with Crippen LogP contribution in [0.25, 0.3) is 0 Å². The van der Waals surface area contributed by atoms with Gasteiger partial charge < -0.3 is 10.2 Å². The molecule has 1 aliphatic heterocycles. The predicted octanol–water partition coefficient (Wildman–Crippen LogP) is 1.09. The Hall–Kier alpha value is -2.77. The third-order valence-electron chi connectivity index (χ3n) is 4.00. The molecule has 0 aliphatic carbocycles. The van der Waals surface area contributed by atoms with E-state index in [0.717, 1.165) is 5.56 Å². The molecule has 0 saturated carbocycles. The molecule has 1 fully saturated rings.